The highest BCUT2D eigenvalue weighted by Crippen LogP contribution is 2.12. The first-order chi connectivity index (χ1) is 28.9. The Labute approximate surface area is 358 Å². The first kappa shape index (κ1) is 51.4. The first-order valence-corrected chi connectivity index (χ1v) is 21.1. The second-order valence-electron chi connectivity index (χ2n) is 16.2. The highest BCUT2D eigenvalue weighted by molar-refractivity contribution is 5.97. The molecular weight excluding hydrogens is 789 g/mol. The molecule has 2 rings (SSSR count). The van der Waals surface area contributed by atoms with Crippen molar-refractivity contribution >= 4 is 53.2 Å². The summed E-state index contributed by atoms with van der Waals surface area (Å²) in [5.41, 5.74) is 23.5. The zero-order chi connectivity index (χ0) is 45.5. The van der Waals surface area contributed by atoms with Gasteiger partial charge in [0.2, 0.25) is 47.3 Å². The maximum atomic E-state index is 14.1. The summed E-state index contributed by atoms with van der Waals surface area (Å²) >= 11 is 0. The van der Waals surface area contributed by atoms with Gasteiger partial charge in [-0.1, -0.05) is 58.0 Å². The van der Waals surface area contributed by atoms with E-state index in [4.69, 9.17) is 22.9 Å². The van der Waals surface area contributed by atoms with Crippen LogP contribution in [0.2, 0.25) is 0 Å². The number of nitrogens with one attached hydrogen (secondary N) is 7. The van der Waals surface area contributed by atoms with E-state index in [9.17, 15) is 38.4 Å². The zero-order valence-electron chi connectivity index (χ0n) is 35.9. The largest absolute Gasteiger partial charge is 0.370 e. The van der Waals surface area contributed by atoms with Crippen LogP contribution in [0, 0.1) is 11.8 Å². The normalized spacial score (nSPS) is 24.1. The van der Waals surface area contributed by atoms with Gasteiger partial charge in [-0.15, -0.1) is 0 Å². The number of hydrogen-bond acceptors (Lipinski definition) is 10. The summed E-state index contributed by atoms with van der Waals surface area (Å²) < 4.78 is 0. The summed E-state index contributed by atoms with van der Waals surface area (Å²) in [4.78, 5) is 111. The summed E-state index contributed by atoms with van der Waals surface area (Å²) in [7, 11) is 0. The summed E-state index contributed by atoms with van der Waals surface area (Å²) in [5, 5.41) is 18.9. The summed E-state index contributed by atoms with van der Waals surface area (Å²) in [5.74, 6) is -5.69. The summed E-state index contributed by atoms with van der Waals surface area (Å²) in [6, 6.07) is 1.89. The van der Waals surface area contributed by atoms with Gasteiger partial charge in [0.05, 0.1) is 12.5 Å². The molecule has 0 aromatic heterocycles. The molecule has 0 unspecified atom stereocenters. The van der Waals surface area contributed by atoms with Crippen LogP contribution in [0.25, 0.3) is 0 Å². The molecule has 340 valence electrons. The number of aliphatic imine (C=N–C) groups is 1. The highest BCUT2D eigenvalue weighted by atomic mass is 16.2. The van der Waals surface area contributed by atoms with Crippen molar-refractivity contribution in [1.82, 2.24) is 37.2 Å². The van der Waals surface area contributed by atoms with Gasteiger partial charge in [0, 0.05) is 32.5 Å². The van der Waals surface area contributed by atoms with Crippen LogP contribution < -0.4 is 60.2 Å². The Morgan fingerprint density at radius 1 is 0.672 bits per heavy atom. The van der Waals surface area contributed by atoms with Crippen molar-refractivity contribution < 1.29 is 38.4 Å². The fraction of sp³-hybridized carbons (Fsp3) is 0.634. The van der Waals surface area contributed by atoms with E-state index in [1.807, 2.05) is 33.8 Å². The molecular formula is C41H68N12O8. The third-order valence-corrected chi connectivity index (χ3v) is 9.73. The number of benzene rings is 1. The third kappa shape index (κ3) is 20.8. The van der Waals surface area contributed by atoms with Gasteiger partial charge in [-0.05, 0) is 68.8 Å². The zero-order valence-corrected chi connectivity index (χ0v) is 35.9. The molecule has 8 amide bonds. The number of amides is 8. The molecule has 1 saturated heterocycles. The molecule has 1 aromatic rings. The van der Waals surface area contributed by atoms with Crippen LogP contribution in [0.3, 0.4) is 0 Å². The fourth-order valence-electron chi connectivity index (χ4n) is 6.50. The van der Waals surface area contributed by atoms with Gasteiger partial charge in [-0.2, -0.15) is 0 Å². The lowest BCUT2D eigenvalue weighted by atomic mass is 9.98. The van der Waals surface area contributed by atoms with Crippen molar-refractivity contribution in [3.05, 3.63) is 35.9 Å². The Kier molecular flexibility index (Phi) is 22.8. The molecule has 1 aliphatic heterocycles. The van der Waals surface area contributed by atoms with Gasteiger partial charge in [0.25, 0.3) is 0 Å². The Morgan fingerprint density at radius 2 is 1.20 bits per heavy atom. The third-order valence-electron chi connectivity index (χ3n) is 9.73. The van der Waals surface area contributed by atoms with Crippen molar-refractivity contribution in [3.63, 3.8) is 0 Å². The maximum absolute atomic E-state index is 14.1. The van der Waals surface area contributed by atoms with E-state index in [-0.39, 0.29) is 88.2 Å². The number of rotatable bonds is 11. The lowest BCUT2D eigenvalue weighted by Crippen LogP contribution is -2.60. The van der Waals surface area contributed by atoms with Gasteiger partial charge in [-0.3, -0.25) is 43.3 Å². The molecule has 6 atom stereocenters. The molecule has 20 heteroatoms. The molecule has 1 fully saturated rings. The average molecular weight is 857 g/mol. The van der Waals surface area contributed by atoms with E-state index < -0.39 is 84.0 Å². The Hall–Kier alpha value is -5.79. The van der Waals surface area contributed by atoms with Crippen LogP contribution >= 0.6 is 0 Å². The maximum Gasteiger partial charge on any atom is 0.243 e. The lowest BCUT2D eigenvalue weighted by molar-refractivity contribution is -0.135. The van der Waals surface area contributed by atoms with E-state index in [0.29, 0.717) is 19.4 Å². The minimum absolute atomic E-state index is 0.0132. The number of carbonyl (C=O) groups excluding carboxylic acids is 8. The van der Waals surface area contributed by atoms with E-state index in [2.05, 4.69) is 42.2 Å². The van der Waals surface area contributed by atoms with Crippen LogP contribution in [0.5, 0.6) is 0 Å². The molecule has 1 aliphatic rings. The van der Waals surface area contributed by atoms with Gasteiger partial charge in [0.1, 0.15) is 30.2 Å². The predicted octanol–water partition coefficient (Wildman–Crippen LogP) is -1.80. The number of hydrogen-bond donors (Lipinski definition) is 11. The van der Waals surface area contributed by atoms with E-state index >= 15 is 0 Å². The van der Waals surface area contributed by atoms with Crippen LogP contribution in [-0.2, 0) is 44.8 Å². The first-order valence-electron chi connectivity index (χ1n) is 21.1. The number of primary amides is 1. The number of nitrogens with zero attached hydrogens (tertiary/aromatic N) is 1. The standard InChI is InChI=1S/C41H68N12O8/c1-24(2)20-30-38(59)49-28(15-10-19-48-41(44)45)37(58)50-29(35(43)56)23-34(55)47-18-11-16-33(54)46-17-9-8-14-27(42)36(57)51-32(22-26-12-6-5-7-13-26)40(61)53-31(21-25(3)4)39(60)52-30/h5-7,12-13,24-25,27-32H,8-11,14-23,42H2,1-4H3,(H2,43,56)(H,46,54)(H,47,55)(H,49,59)(H,50,58)(H,51,57)(H,52,60)(H,53,61)(H4,44,45,48)/t27-,28-,29-,30-,31-,32-/m0/s1. The number of nitrogens with two attached hydrogens (primary N) is 4. The van der Waals surface area contributed by atoms with Crippen LogP contribution in [0.1, 0.15) is 97.5 Å². The van der Waals surface area contributed by atoms with Crippen LogP contribution in [0.4, 0.5) is 0 Å². The van der Waals surface area contributed by atoms with Crippen LogP contribution in [0.15, 0.2) is 35.3 Å². The molecule has 15 N–H and O–H groups in total. The van der Waals surface area contributed by atoms with E-state index in [1.165, 1.54) is 0 Å². The summed E-state index contributed by atoms with van der Waals surface area (Å²) in [6.07, 6.45) is 1.77. The monoisotopic (exact) mass is 857 g/mol. The van der Waals surface area contributed by atoms with Gasteiger partial charge < -0.3 is 60.2 Å². The topological polar surface area (TPSA) is 337 Å². The fourth-order valence-corrected chi connectivity index (χ4v) is 6.50. The Morgan fingerprint density at radius 3 is 1.77 bits per heavy atom. The van der Waals surface area contributed by atoms with Crippen molar-refractivity contribution in [1.29, 1.82) is 0 Å². The van der Waals surface area contributed by atoms with Crippen molar-refractivity contribution in [2.75, 3.05) is 19.6 Å². The van der Waals surface area contributed by atoms with E-state index in [1.54, 1.807) is 24.3 Å². The predicted molar refractivity (Wildman–Crippen MR) is 230 cm³/mol. The lowest BCUT2D eigenvalue weighted by Gasteiger charge is -2.28. The molecule has 0 saturated carbocycles. The second kappa shape index (κ2) is 27.1. The molecule has 1 aromatic carbocycles. The van der Waals surface area contributed by atoms with Crippen molar-refractivity contribution in [2.24, 2.45) is 39.8 Å². The van der Waals surface area contributed by atoms with Crippen molar-refractivity contribution in [2.45, 2.75) is 135 Å². The molecule has 0 spiro atoms. The van der Waals surface area contributed by atoms with Gasteiger partial charge in [0.15, 0.2) is 5.96 Å². The number of guanidine groups is 1. The molecule has 0 bridgehead atoms. The minimum atomic E-state index is -1.45. The molecule has 0 radical (unpaired) electrons. The Balaban J connectivity index is 2.50. The van der Waals surface area contributed by atoms with Gasteiger partial charge in [-0.25, -0.2) is 0 Å². The molecule has 20 nitrogen and oxygen atoms in total. The molecule has 0 aliphatic carbocycles. The van der Waals surface area contributed by atoms with Crippen LogP contribution in [-0.4, -0.2) is 109 Å². The summed E-state index contributed by atoms with van der Waals surface area (Å²) in [6.45, 7) is 7.92. The van der Waals surface area contributed by atoms with E-state index in [0.717, 1.165) is 5.56 Å². The highest BCUT2D eigenvalue weighted by Gasteiger charge is 2.34. The SMILES string of the molecule is CC(C)C[C@@H]1NC(=O)[C@H](CC(C)C)NC(=O)[C@H](Cc2ccccc2)NC(=O)[C@@H](N)CCCCNC(=O)CCCNC(=O)C[C@@H](C(N)=O)NC(=O)[C@H](CCCN=C(N)N)NC1=O. The smallest absolute Gasteiger partial charge is 0.243 e. The average Bonchev–Trinajstić information content (AvgIpc) is 3.18. The quantitative estimate of drug-likeness (QED) is 0.0670. The molecule has 1 heterocycles. The Bertz CT molecular complexity index is 1650. The van der Waals surface area contributed by atoms with Gasteiger partial charge >= 0.3 is 0 Å². The van der Waals surface area contributed by atoms with Crippen molar-refractivity contribution in [3.8, 4) is 0 Å². The number of carbonyl (C=O) groups is 8. The minimum Gasteiger partial charge on any atom is -0.370 e. The molecule has 61 heavy (non-hydrogen) atoms. The second-order valence-corrected chi connectivity index (χ2v) is 16.2.